The van der Waals surface area contributed by atoms with Crippen molar-refractivity contribution in [3.63, 3.8) is 0 Å². The van der Waals surface area contributed by atoms with E-state index in [0.717, 1.165) is 17.9 Å². The summed E-state index contributed by atoms with van der Waals surface area (Å²) in [7, 11) is 0. The van der Waals surface area contributed by atoms with Gasteiger partial charge in [0.2, 0.25) is 0 Å². The molecule has 1 unspecified atom stereocenters. The van der Waals surface area contributed by atoms with E-state index in [1.165, 1.54) is 16.7 Å². The van der Waals surface area contributed by atoms with Gasteiger partial charge in [0.05, 0.1) is 6.10 Å². The van der Waals surface area contributed by atoms with E-state index in [2.05, 4.69) is 39.0 Å². The monoisotopic (exact) mass is 224 g/mol. The van der Waals surface area contributed by atoms with Crippen LogP contribution < -0.4 is 0 Å². The summed E-state index contributed by atoms with van der Waals surface area (Å²) in [6, 6.07) is 6.30. The van der Waals surface area contributed by atoms with Crippen LogP contribution in [0.4, 0.5) is 0 Å². The van der Waals surface area contributed by atoms with Crippen LogP contribution in [0.25, 0.3) is 0 Å². The summed E-state index contributed by atoms with van der Waals surface area (Å²) in [6.07, 6.45) is 0.570. The maximum atomic E-state index is 9.86. The molecule has 0 radical (unpaired) electrons. The molecule has 0 spiro atoms. The molecule has 0 aliphatic carbocycles. The van der Waals surface area contributed by atoms with Gasteiger partial charge in [-0.3, -0.25) is 0 Å². The van der Waals surface area contributed by atoms with E-state index in [-0.39, 0.29) is 6.10 Å². The second kappa shape index (κ2) is 6.19. The largest absolute Gasteiger partial charge is 0.392 e. The first-order valence-electron chi connectivity index (χ1n) is 5.46. The lowest BCUT2D eigenvalue weighted by atomic mass is 9.98. The van der Waals surface area contributed by atoms with Gasteiger partial charge in [-0.05, 0) is 42.7 Å². The molecule has 0 aromatic heterocycles. The molecule has 1 aromatic rings. The standard InChI is InChI=1S/C13H20OS/c1-4-15-9-12(14)8-13-10(2)6-5-7-11(13)3/h5-7,12,14H,4,8-9H2,1-3H3. The Morgan fingerprint density at radius 1 is 1.27 bits per heavy atom. The minimum Gasteiger partial charge on any atom is -0.392 e. The molecule has 1 N–H and O–H groups in total. The lowest BCUT2D eigenvalue weighted by Crippen LogP contribution is -2.15. The van der Waals surface area contributed by atoms with Crippen molar-refractivity contribution in [2.45, 2.75) is 33.3 Å². The van der Waals surface area contributed by atoms with Gasteiger partial charge in [0, 0.05) is 5.75 Å². The highest BCUT2D eigenvalue weighted by Crippen LogP contribution is 2.16. The van der Waals surface area contributed by atoms with Crippen LogP contribution in [0.3, 0.4) is 0 Å². The second-order valence-electron chi connectivity index (χ2n) is 3.89. The van der Waals surface area contributed by atoms with Gasteiger partial charge < -0.3 is 5.11 Å². The Balaban J connectivity index is 2.63. The topological polar surface area (TPSA) is 20.2 Å². The zero-order valence-electron chi connectivity index (χ0n) is 9.79. The Labute approximate surface area is 96.9 Å². The number of benzene rings is 1. The van der Waals surface area contributed by atoms with E-state index < -0.39 is 0 Å². The molecule has 0 aliphatic rings. The number of thioether (sulfide) groups is 1. The third-order valence-electron chi connectivity index (χ3n) is 2.60. The van der Waals surface area contributed by atoms with Gasteiger partial charge >= 0.3 is 0 Å². The van der Waals surface area contributed by atoms with Gasteiger partial charge in [0.15, 0.2) is 0 Å². The smallest absolute Gasteiger partial charge is 0.0671 e. The van der Waals surface area contributed by atoms with E-state index in [1.807, 2.05) is 0 Å². The minimum atomic E-state index is -0.213. The maximum Gasteiger partial charge on any atom is 0.0671 e. The first-order valence-corrected chi connectivity index (χ1v) is 6.61. The lowest BCUT2D eigenvalue weighted by Gasteiger charge is -2.14. The molecule has 15 heavy (non-hydrogen) atoms. The number of hydrogen-bond donors (Lipinski definition) is 1. The number of aliphatic hydroxyl groups is 1. The third kappa shape index (κ3) is 3.88. The van der Waals surface area contributed by atoms with Gasteiger partial charge in [-0.25, -0.2) is 0 Å². The van der Waals surface area contributed by atoms with Crippen LogP contribution in [0, 0.1) is 13.8 Å². The molecule has 0 saturated heterocycles. The summed E-state index contributed by atoms with van der Waals surface area (Å²) >= 11 is 1.80. The fraction of sp³-hybridized carbons (Fsp3) is 0.538. The van der Waals surface area contributed by atoms with Crippen LogP contribution in [0.15, 0.2) is 18.2 Å². The normalized spacial score (nSPS) is 12.8. The summed E-state index contributed by atoms with van der Waals surface area (Å²) in [5.41, 5.74) is 3.88. The molecule has 0 aliphatic heterocycles. The van der Waals surface area contributed by atoms with E-state index in [1.54, 1.807) is 11.8 Å². The Kier molecular flexibility index (Phi) is 5.20. The number of rotatable bonds is 5. The summed E-state index contributed by atoms with van der Waals surface area (Å²) in [6.45, 7) is 6.35. The average Bonchev–Trinajstić information content (AvgIpc) is 2.21. The first-order chi connectivity index (χ1) is 7.15. The minimum absolute atomic E-state index is 0.213. The molecule has 0 bridgehead atoms. The number of hydrogen-bond acceptors (Lipinski definition) is 2. The second-order valence-corrected chi connectivity index (χ2v) is 5.21. The van der Waals surface area contributed by atoms with Crippen molar-refractivity contribution in [2.75, 3.05) is 11.5 Å². The summed E-state index contributed by atoms with van der Waals surface area (Å²) in [5, 5.41) is 9.86. The fourth-order valence-corrected chi connectivity index (χ4v) is 2.35. The van der Waals surface area contributed by atoms with Crippen molar-refractivity contribution in [1.82, 2.24) is 0 Å². The average molecular weight is 224 g/mol. The van der Waals surface area contributed by atoms with Crippen molar-refractivity contribution in [3.05, 3.63) is 34.9 Å². The Morgan fingerprint density at radius 2 is 1.87 bits per heavy atom. The Bertz CT molecular complexity index is 289. The molecule has 0 saturated carbocycles. The third-order valence-corrected chi connectivity index (χ3v) is 3.63. The van der Waals surface area contributed by atoms with Gasteiger partial charge in [0.25, 0.3) is 0 Å². The predicted octanol–water partition coefficient (Wildman–Crippen LogP) is 2.96. The molecule has 0 heterocycles. The highest BCUT2D eigenvalue weighted by molar-refractivity contribution is 7.99. The Hall–Kier alpha value is -0.470. The molecule has 84 valence electrons. The fourth-order valence-electron chi connectivity index (χ4n) is 1.72. The molecular weight excluding hydrogens is 204 g/mol. The van der Waals surface area contributed by atoms with Crippen molar-refractivity contribution < 1.29 is 5.11 Å². The van der Waals surface area contributed by atoms with Crippen molar-refractivity contribution in [1.29, 1.82) is 0 Å². The van der Waals surface area contributed by atoms with Gasteiger partial charge in [-0.1, -0.05) is 25.1 Å². The highest BCUT2D eigenvalue weighted by atomic mass is 32.2. The lowest BCUT2D eigenvalue weighted by molar-refractivity contribution is 0.199. The molecule has 0 amide bonds. The molecular formula is C13H20OS. The van der Waals surface area contributed by atoms with Crippen LogP contribution in [0.5, 0.6) is 0 Å². The van der Waals surface area contributed by atoms with Gasteiger partial charge in [-0.2, -0.15) is 11.8 Å². The van der Waals surface area contributed by atoms with Crippen LogP contribution in [-0.4, -0.2) is 22.7 Å². The van der Waals surface area contributed by atoms with Gasteiger partial charge in [-0.15, -0.1) is 0 Å². The molecule has 1 aromatic carbocycles. The molecule has 0 fully saturated rings. The summed E-state index contributed by atoms with van der Waals surface area (Å²) in [4.78, 5) is 0. The zero-order valence-corrected chi connectivity index (χ0v) is 10.6. The quantitative estimate of drug-likeness (QED) is 0.830. The van der Waals surface area contributed by atoms with Crippen LogP contribution in [-0.2, 0) is 6.42 Å². The Morgan fingerprint density at radius 3 is 2.40 bits per heavy atom. The number of aliphatic hydroxyl groups excluding tert-OH is 1. The first kappa shape index (κ1) is 12.6. The summed E-state index contributed by atoms with van der Waals surface area (Å²) < 4.78 is 0. The van der Waals surface area contributed by atoms with E-state index in [4.69, 9.17) is 0 Å². The van der Waals surface area contributed by atoms with Crippen molar-refractivity contribution in [3.8, 4) is 0 Å². The van der Waals surface area contributed by atoms with Crippen LogP contribution in [0.1, 0.15) is 23.6 Å². The number of aryl methyl sites for hydroxylation is 2. The molecule has 1 rings (SSSR count). The molecule has 1 atom stereocenters. The van der Waals surface area contributed by atoms with Gasteiger partial charge in [0.1, 0.15) is 0 Å². The van der Waals surface area contributed by atoms with Crippen LogP contribution in [0.2, 0.25) is 0 Å². The highest BCUT2D eigenvalue weighted by Gasteiger charge is 2.09. The van der Waals surface area contributed by atoms with Crippen molar-refractivity contribution in [2.24, 2.45) is 0 Å². The van der Waals surface area contributed by atoms with E-state index in [9.17, 15) is 5.11 Å². The maximum absolute atomic E-state index is 9.86. The summed E-state index contributed by atoms with van der Waals surface area (Å²) in [5.74, 6) is 1.91. The van der Waals surface area contributed by atoms with E-state index in [0.29, 0.717) is 0 Å². The SMILES string of the molecule is CCSCC(O)Cc1c(C)cccc1C. The zero-order chi connectivity index (χ0) is 11.3. The van der Waals surface area contributed by atoms with Crippen LogP contribution >= 0.6 is 11.8 Å². The predicted molar refractivity (Wildman–Crippen MR) is 68.6 cm³/mol. The van der Waals surface area contributed by atoms with Crippen molar-refractivity contribution >= 4 is 11.8 Å². The molecule has 2 heteroatoms. The van der Waals surface area contributed by atoms with E-state index >= 15 is 0 Å². The molecule has 1 nitrogen and oxygen atoms in total.